The van der Waals surface area contributed by atoms with Gasteiger partial charge in [-0.05, 0) is 17.2 Å². The lowest BCUT2D eigenvalue weighted by Gasteiger charge is -2.21. The second-order valence-electron chi connectivity index (χ2n) is 5.41. The molecule has 2 aromatic rings. The minimum atomic E-state index is -2.68. The van der Waals surface area contributed by atoms with Gasteiger partial charge in [-0.3, -0.25) is 0 Å². The summed E-state index contributed by atoms with van der Waals surface area (Å²) in [6.07, 6.45) is 3.19. The van der Waals surface area contributed by atoms with Gasteiger partial charge < -0.3 is 10.6 Å². The highest BCUT2D eigenvalue weighted by molar-refractivity contribution is 5.87. The maximum atomic E-state index is 13.4. The number of pyridine rings is 1. The third kappa shape index (κ3) is 3.29. The lowest BCUT2D eigenvalue weighted by atomic mass is 9.99. The van der Waals surface area contributed by atoms with Crippen LogP contribution in [0.3, 0.4) is 0 Å². The molecule has 6 heteroatoms. The van der Waals surface area contributed by atoms with E-state index in [9.17, 15) is 8.78 Å². The Morgan fingerprint density at radius 1 is 1.22 bits per heavy atom. The first-order chi connectivity index (χ1) is 10.5. The monoisotopic (exact) mass is 337 g/mol. The quantitative estimate of drug-likeness (QED) is 0.910. The van der Waals surface area contributed by atoms with E-state index in [-0.39, 0.29) is 31.9 Å². The maximum Gasteiger partial charge on any atom is 0.266 e. The van der Waals surface area contributed by atoms with Gasteiger partial charge in [0.2, 0.25) is 0 Å². The van der Waals surface area contributed by atoms with Crippen LogP contribution in [-0.2, 0) is 0 Å². The minimum Gasteiger partial charge on any atom is -0.395 e. The topological polar surface area (TPSA) is 42.2 Å². The molecule has 0 spiro atoms. The number of halogens is 3. The van der Waals surface area contributed by atoms with Crippen molar-refractivity contribution in [1.82, 2.24) is 4.98 Å². The van der Waals surface area contributed by atoms with Gasteiger partial charge in [-0.15, -0.1) is 12.4 Å². The number of nitrogens with zero attached hydrogens (tertiary/aromatic N) is 2. The minimum absolute atomic E-state index is 0. The molecule has 1 aliphatic rings. The molecule has 2 N–H and O–H groups in total. The smallest absolute Gasteiger partial charge is 0.266 e. The summed E-state index contributed by atoms with van der Waals surface area (Å²) in [6, 6.07) is 9.50. The van der Waals surface area contributed by atoms with Gasteiger partial charge in [0.1, 0.15) is 0 Å². The number of benzene rings is 1. The lowest BCUT2D eigenvalue weighted by Crippen LogP contribution is -2.26. The Hall–Kier alpha value is -2.14. The fourth-order valence-electron chi connectivity index (χ4n) is 2.79. The van der Waals surface area contributed by atoms with Crippen molar-refractivity contribution in [3.8, 4) is 11.1 Å². The highest BCUT2D eigenvalue weighted by Crippen LogP contribution is 2.37. The van der Waals surface area contributed by atoms with E-state index in [0.29, 0.717) is 11.5 Å². The molecule has 0 bridgehead atoms. The number of alkyl halides is 2. The fraction of sp³-hybridized carbons (Fsp3) is 0.235. The van der Waals surface area contributed by atoms with Crippen LogP contribution in [0.4, 0.5) is 20.3 Å². The zero-order chi connectivity index (χ0) is 15.7. The molecular weight excluding hydrogens is 320 g/mol. The van der Waals surface area contributed by atoms with E-state index in [2.05, 4.69) is 11.6 Å². The maximum absolute atomic E-state index is 13.4. The Morgan fingerprint density at radius 3 is 2.61 bits per heavy atom. The molecule has 1 fully saturated rings. The summed E-state index contributed by atoms with van der Waals surface area (Å²) in [6.45, 7) is 3.72. The van der Waals surface area contributed by atoms with Crippen molar-refractivity contribution < 1.29 is 8.78 Å². The Kier molecular flexibility index (Phi) is 4.90. The number of rotatable bonds is 3. The Labute approximate surface area is 140 Å². The summed E-state index contributed by atoms with van der Waals surface area (Å²) in [4.78, 5) is 5.76. The van der Waals surface area contributed by atoms with E-state index >= 15 is 0 Å². The normalized spacial score (nSPS) is 16.0. The molecule has 0 aliphatic carbocycles. The highest BCUT2D eigenvalue weighted by Gasteiger charge is 2.39. The van der Waals surface area contributed by atoms with Crippen LogP contribution in [0.1, 0.15) is 12.0 Å². The molecule has 0 unspecified atom stereocenters. The average molecular weight is 338 g/mol. The van der Waals surface area contributed by atoms with E-state index in [1.165, 1.54) is 0 Å². The number of anilines is 2. The number of hydrogen-bond acceptors (Lipinski definition) is 3. The van der Waals surface area contributed by atoms with Crippen LogP contribution in [0.5, 0.6) is 0 Å². The van der Waals surface area contributed by atoms with Crippen molar-refractivity contribution in [3.63, 3.8) is 0 Å². The molecule has 2 heterocycles. The molecule has 0 saturated carbocycles. The Morgan fingerprint density at radius 2 is 1.96 bits per heavy atom. The third-order valence-corrected chi connectivity index (χ3v) is 3.91. The summed E-state index contributed by atoms with van der Waals surface area (Å²) in [5.41, 5.74) is 9.30. The van der Waals surface area contributed by atoms with E-state index in [1.54, 1.807) is 23.2 Å². The molecular formula is C17H18ClF2N3. The van der Waals surface area contributed by atoms with Gasteiger partial charge in [0.15, 0.2) is 5.82 Å². The number of aromatic nitrogens is 1. The highest BCUT2D eigenvalue weighted by atomic mass is 35.5. The summed E-state index contributed by atoms with van der Waals surface area (Å²) < 4.78 is 26.9. The van der Waals surface area contributed by atoms with Crippen molar-refractivity contribution in [1.29, 1.82) is 0 Å². The van der Waals surface area contributed by atoms with E-state index in [4.69, 9.17) is 5.73 Å². The predicted octanol–water partition coefficient (Wildman–Crippen LogP) is 4.24. The second kappa shape index (κ2) is 6.54. The van der Waals surface area contributed by atoms with Crippen molar-refractivity contribution >= 4 is 30.0 Å². The van der Waals surface area contributed by atoms with Gasteiger partial charge in [0.05, 0.1) is 12.2 Å². The molecule has 0 atom stereocenters. The van der Waals surface area contributed by atoms with Gasteiger partial charge in [0.25, 0.3) is 5.92 Å². The number of hydrogen-bond donors (Lipinski definition) is 1. The van der Waals surface area contributed by atoms with Gasteiger partial charge in [-0.1, -0.05) is 36.9 Å². The van der Waals surface area contributed by atoms with Crippen molar-refractivity contribution in [2.75, 3.05) is 23.7 Å². The van der Waals surface area contributed by atoms with Gasteiger partial charge >= 0.3 is 0 Å². The molecule has 1 aliphatic heterocycles. The van der Waals surface area contributed by atoms with Crippen LogP contribution in [-0.4, -0.2) is 24.0 Å². The van der Waals surface area contributed by atoms with Crippen LogP contribution >= 0.6 is 12.4 Å². The SMILES string of the molecule is C=Cc1ccccc1-c1ccnc(N2CCC(F)(F)C2)c1N.Cl. The lowest BCUT2D eigenvalue weighted by molar-refractivity contribution is 0.0257. The van der Waals surface area contributed by atoms with E-state index in [1.807, 2.05) is 24.3 Å². The van der Waals surface area contributed by atoms with Gasteiger partial charge in [0, 0.05) is 24.7 Å². The van der Waals surface area contributed by atoms with E-state index in [0.717, 1.165) is 16.7 Å². The van der Waals surface area contributed by atoms with Crippen LogP contribution in [0, 0.1) is 0 Å². The molecule has 122 valence electrons. The number of nitrogens with two attached hydrogens (primary N) is 1. The first-order valence-electron chi connectivity index (χ1n) is 7.11. The largest absolute Gasteiger partial charge is 0.395 e. The first kappa shape index (κ1) is 17.2. The predicted molar refractivity (Wildman–Crippen MR) is 93.2 cm³/mol. The third-order valence-electron chi connectivity index (χ3n) is 3.91. The number of nitrogen functional groups attached to an aromatic ring is 1. The second-order valence-corrected chi connectivity index (χ2v) is 5.41. The summed E-state index contributed by atoms with van der Waals surface area (Å²) in [5, 5.41) is 0. The Balaban J connectivity index is 0.00000192. The first-order valence-corrected chi connectivity index (χ1v) is 7.11. The summed E-state index contributed by atoms with van der Waals surface area (Å²) >= 11 is 0. The average Bonchev–Trinajstić information content (AvgIpc) is 2.87. The molecule has 1 saturated heterocycles. The zero-order valence-corrected chi connectivity index (χ0v) is 13.3. The van der Waals surface area contributed by atoms with Gasteiger partial charge in [-0.2, -0.15) is 0 Å². The van der Waals surface area contributed by atoms with Crippen molar-refractivity contribution in [2.24, 2.45) is 0 Å². The van der Waals surface area contributed by atoms with E-state index < -0.39 is 5.92 Å². The van der Waals surface area contributed by atoms with Crippen LogP contribution < -0.4 is 10.6 Å². The van der Waals surface area contributed by atoms with Crippen LogP contribution in [0.25, 0.3) is 17.2 Å². The summed E-state index contributed by atoms with van der Waals surface area (Å²) in [7, 11) is 0. The molecule has 0 radical (unpaired) electrons. The summed E-state index contributed by atoms with van der Waals surface area (Å²) in [5.74, 6) is -2.25. The molecule has 3 rings (SSSR count). The Bertz CT molecular complexity index is 719. The molecule has 0 amide bonds. The van der Waals surface area contributed by atoms with Crippen LogP contribution in [0.15, 0.2) is 43.1 Å². The molecule has 23 heavy (non-hydrogen) atoms. The van der Waals surface area contributed by atoms with Crippen molar-refractivity contribution in [3.05, 3.63) is 48.7 Å². The molecule has 1 aromatic heterocycles. The standard InChI is InChI=1S/C17H17F2N3.ClH/c1-2-12-5-3-4-6-13(12)14-7-9-21-16(15(14)20)22-10-8-17(18,19)11-22;/h2-7,9H,1,8,10-11,20H2;1H. The fourth-order valence-corrected chi connectivity index (χ4v) is 2.79. The zero-order valence-electron chi connectivity index (χ0n) is 12.5. The van der Waals surface area contributed by atoms with Crippen molar-refractivity contribution in [2.45, 2.75) is 12.3 Å². The van der Waals surface area contributed by atoms with Gasteiger partial charge in [-0.25, -0.2) is 13.8 Å². The van der Waals surface area contributed by atoms with Crippen LogP contribution in [0.2, 0.25) is 0 Å². The molecule has 3 nitrogen and oxygen atoms in total. The molecule has 1 aromatic carbocycles.